The van der Waals surface area contributed by atoms with Gasteiger partial charge in [-0.1, -0.05) is 19.4 Å². The first-order valence-electron chi connectivity index (χ1n) is 6.25. The monoisotopic (exact) mass is 257 g/mol. The molecule has 3 heterocycles. The number of nitrogens with one attached hydrogen (secondary N) is 1. The summed E-state index contributed by atoms with van der Waals surface area (Å²) in [5.74, 6) is 1.07. The molecule has 3 rings (SSSR count). The number of H-pyrrole nitrogens is 1. The molecule has 0 aliphatic carbocycles. The number of fused-ring (bicyclic) bond motifs is 1. The summed E-state index contributed by atoms with van der Waals surface area (Å²) in [5, 5.41) is 2.07. The Morgan fingerprint density at radius 2 is 2.33 bits per heavy atom. The minimum Gasteiger partial charge on any atom is -0.341 e. The fourth-order valence-corrected chi connectivity index (χ4v) is 2.68. The van der Waals surface area contributed by atoms with Crippen LogP contribution in [0.25, 0.3) is 21.6 Å². The number of hydrogen-bond donors (Lipinski definition) is 1. The van der Waals surface area contributed by atoms with Crippen LogP contribution in [0.5, 0.6) is 0 Å². The number of hydrogen-bond acceptors (Lipinski definition) is 3. The van der Waals surface area contributed by atoms with Crippen molar-refractivity contribution in [3.05, 3.63) is 35.6 Å². The van der Waals surface area contributed by atoms with Gasteiger partial charge in [-0.15, -0.1) is 11.3 Å². The number of unbranched alkanes of at least 4 members (excludes halogenated alkanes) is 1. The molecule has 0 aromatic carbocycles. The van der Waals surface area contributed by atoms with Crippen LogP contribution in [0.3, 0.4) is 0 Å². The van der Waals surface area contributed by atoms with E-state index in [1.165, 1.54) is 17.7 Å². The number of pyridine rings is 1. The summed E-state index contributed by atoms with van der Waals surface area (Å²) in [4.78, 5) is 13.6. The van der Waals surface area contributed by atoms with Crippen molar-refractivity contribution < 1.29 is 0 Å². The minimum atomic E-state index is 1.01. The van der Waals surface area contributed by atoms with Crippen LogP contribution in [-0.4, -0.2) is 15.0 Å². The third-order valence-electron chi connectivity index (χ3n) is 2.96. The van der Waals surface area contributed by atoms with Crippen LogP contribution in [0, 0.1) is 0 Å². The summed E-state index contributed by atoms with van der Waals surface area (Å²) in [6.45, 7) is 2.19. The van der Waals surface area contributed by atoms with Gasteiger partial charge in [0.05, 0.1) is 27.8 Å². The van der Waals surface area contributed by atoms with E-state index in [1.54, 1.807) is 11.3 Å². The molecule has 3 aromatic heterocycles. The van der Waals surface area contributed by atoms with Crippen molar-refractivity contribution in [2.45, 2.75) is 26.2 Å². The van der Waals surface area contributed by atoms with E-state index in [0.717, 1.165) is 29.0 Å². The third-order valence-corrected chi connectivity index (χ3v) is 3.85. The summed E-state index contributed by atoms with van der Waals surface area (Å²) in [7, 11) is 0. The molecule has 18 heavy (non-hydrogen) atoms. The summed E-state index contributed by atoms with van der Waals surface area (Å²) >= 11 is 1.70. The predicted octanol–water partition coefficient (Wildman–Crippen LogP) is 4.03. The molecular formula is C14H15N3S. The van der Waals surface area contributed by atoms with Gasteiger partial charge in [-0.05, 0) is 23.9 Å². The van der Waals surface area contributed by atoms with Crippen LogP contribution >= 0.6 is 11.3 Å². The lowest BCUT2D eigenvalue weighted by atomic mass is 10.2. The third kappa shape index (κ3) is 2.16. The van der Waals surface area contributed by atoms with E-state index in [4.69, 9.17) is 0 Å². The van der Waals surface area contributed by atoms with Gasteiger partial charge in [0, 0.05) is 6.42 Å². The van der Waals surface area contributed by atoms with E-state index in [0.29, 0.717) is 0 Å². The van der Waals surface area contributed by atoms with Crippen LogP contribution in [0.4, 0.5) is 0 Å². The second-order valence-corrected chi connectivity index (χ2v) is 5.30. The van der Waals surface area contributed by atoms with E-state index in [1.807, 2.05) is 12.3 Å². The molecule has 0 radical (unpaired) electrons. The van der Waals surface area contributed by atoms with Crippen molar-refractivity contribution in [3.8, 4) is 10.6 Å². The maximum absolute atomic E-state index is 4.63. The molecule has 0 spiro atoms. The summed E-state index contributed by atoms with van der Waals surface area (Å²) < 4.78 is 0. The highest BCUT2D eigenvalue weighted by molar-refractivity contribution is 7.13. The molecule has 0 unspecified atom stereocenters. The quantitative estimate of drug-likeness (QED) is 0.766. The van der Waals surface area contributed by atoms with E-state index < -0.39 is 0 Å². The first kappa shape index (κ1) is 11.4. The lowest BCUT2D eigenvalue weighted by Crippen LogP contribution is -1.86. The lowest BCUT2D eigenvalue weighted by Gasteiger charge is -1.95. The first-order valence-corrected chi connectivity index (χ1v) is 7.13. The van der Waals surface area contributed by atoms with Gasteiger partial charge in [0.25, 0.3) is 0 Å². The smallest absolute Gasteiger partial charge is 0.107 e. The maximum atomic E-state index is 4.63. The summed E-state index contributed by atoms with van der Waals surface area (Å²) in [6.07, 6.45) is 5.26. The molecule has 0 amide bonds. The van der Waals surface area contributed by atoms with Gasteiger partial charge in [0.15, 0.2) is 0 Å². The van der Waals surface area contributed by atoms with E-state index in [-0.39, 0.29) is 0 Å². The molecule has 3 nitrogen and oxygen atoms in total. The maximum Gasteiger partial charge on any atom is 0.107 e. The van der Waals surface area contributed by atoms with Gasteiger partial charge >= 0.3 is 0 Å². The Morgan fingerprint density at radius 3 is 3.11 bits per heavy atom. The highest BCUT2D eigenvalue weighted by atomic mass is 32.1. The Kier molecular flexibility index (Phi) is 3.11. The standard InChI is InChI=1S/C14H15N3S/c1-2-3-6-14-16-10-8-11(13-5-4-7-18-13)15-9-12(10)17-14/h4-5,7-9H,2-3,6H2,1H3,(H,16,17). The average molecular weight is 257 g/mol. The zero-order valence-corrected chi connectivity index (χ0v) is 11.1. The predicted molar refractivity (Wildman–Crippen MR) is 75.8 cm³/mol. The van der Waals surface area contributed by atoms with Gasteiger partial charge in [0.2, 0.25) is 0 Å². The van der Waals surface area contributed by atoms with Crippen molar-refractivity contribution in [2.24, 2.45) is 0 Å². The molecule has 4 heteroatoms. The van der Waals surface area contributed by atoms with Crippen LogP contribution in [-0.2, 0) is 6.42 Å². The van der Waals surface area contributed by atoms with Crippen molar-refractivity contribution in [1.82, 2.24) is 15.0 Å². The fraction of sp³-hybridized carbons (Fsp3) is 0.286. The fourth-order valence-electron chi connectivity index (χ4n) is 1.98. The molecule has 0 aliphatic heterocycles. The molecule has 0 fully saturated rings. The van der Waals surface area contributed by atoms with Crippen molar-refractivity contribution >= 4 is 22.4 Å². The number of imidazole rings is 1. The molecule has 1 N–H and O–H groups in total. The molecule has 92 valence electrons. The van der Waals surface area contributed by atoms with Crippen LogP contribution in [0.1, 0.15) is 25.6 Å². The second-order valence-electron chi connectivity index (χ2n) is 4.35. The van der Waals surface area contributed by atoms with E-state index >= 15 is 0 Å². The Hall–Kier alpha value is -1.68. The zero-order valence-electron chi connectivity index (χ0n) is 10.3. The number of aryl methyl sites for hydroxylation is 1. The Labute approximate surface area is 110 Å². The molecular weight excluding hydrogens is 242 g/mol. The van der Waals surface area contributed by atoms with Crippen LogP contribution in [0.15, 0.2) is 29.8 Å². The van der Waals surface area contributed by atoms with Crippen LogP contribution in [0.2, 0.25) is 0 Å². The number of aromatic amines is 1. The number of aromatic nitrogens is 3. The van der Waals surface area contributed by atoms with E-state index in [9.17, 15) is 0 Å². The van der Waals surface area contributed by atoms with E-state index in [2.05, 4.69) is 39.4 Å². The van der Waals surface area contributed by atoms with Gasteiger partial charge in [-0.25, -0.2) is 4.98 Å². The number of thiophene rings is 1. The van der Waals surface area contributed by atoms with Gasteiger partial charge in [-0.3, -0.25) is 4.98 Å². The van der Waals surface area contributed by atoms with Gasteiger partial charge in [-0.2, -0.15) is 0 Å². The van der Waals surface area contributed by atoms with Crippen molar-refractivity contribution in [3.63, 3.8) is 0 Å². The summed E-state index contributed by atoms with van der Waals surface area (Å²) in [5.41, 5.74) is 3.05. The summed E-state index contributed by atoms with van der Waals surface area (Å²) in [6, 6.07) is 6.19. The van der Waals surface area contributed by atoms with Gasteiger partial charge < -0.3 is 4.98 Å². The molecule has 0 aliphatic rings. The SMILES string of the molecule is CCCCc1nc2cc(-c3cccs3)ncc2[nH]1. The highest BCUT2D eigenvalue weighted by Gasteiger charge is 2.06. The number of nitrogens with zero attached hydrogens (tertiary/aromatic N) is 2. The minimum absolute atomic E-state index is 1.01. The Morgan fingerprint density at radius 1 is 1.39 bits per heavy atom. The highest BCUT2D eigenvalue weighted by Crippen LogP contribution is 2.24. The largest absolute Gasteiger partial charge is 0.341 e. The first-order chi connectivity index (χ1) is 8.86. The van der Waals surface area contributed by atoms with Crippen LogP contribution < -0.4 is 0 Å². The number of rotatable bonds is 4. The molecule has 0 atom stereocenters. The topological polar surface area (TPSA) is 41.6 Å². The van der Waals surface area contributed by atoms with Gasteiger partial charge in [0.1, 0.15) is 5.82 Å². The lowest BCUT2D eigenvalue weighted by molar-refractivity contribution is 0.765. The molecule has 0 bridgehead atoms. The Balaban J connectivity index is 1.96. The molecule has 0 saturated carbocycles. The molecule has 3 aromatic rings. The zero-order chi connectivity index (χ0) is 12.4. The molecule has 0 saturated heterocycles. The Bertz CT molecular complexity index is 640. The second kappa shape index (κ2) is 4.90. The van der Waals surface area contributed by atoms with Crippen molar-refractivity contribution in [1.29, 1.82) is 0 Å². The van der Waals surface area contributed by atoms with Crippen molar-refractivity contribution in [2.75, 3.05) is 0 Å². The average Bonchev–Trinajstić information content (AvgIpc) is 3.03. The normalized spacial score (nSPS) is 11.2.